The molecule has 1 rings (SSSR count). The van der Waals surface area contributed by atoms with Crippen molar-refractivity contribution < 1.29 is 27.0 Å². The van der Waals surface area contributed by atoms with E-state index in [-0.39, 0.29) is 23.4 Å². The predicted octanol–water partition coefficient (Wildman–Crippen LogP) is 2.52. The Morgan fingerprint density at radius 2 is 2.11 bits per heavy atom. The van der Waals surface area contributed by atoms with Crippen molar-refractivity contribution in [1.29, 1.82) is 5.26 Å². The first-order valence-electron chi connectivity index (χ1n) is 4.66. The summed E-state index contributed by atoms with van der Waals surface area (Å²) in [6, 6.07) is 2.71. The average Bonchev–Trinajstić information content (AvgIpc) is 2.28. The van der Waals surface area contributed by atoms with Gasteiger partial charge in [-0.2, -0.15) is 5.26 Å². The third-order valence-electron chi connectivity index (χ3n) is 1.95. The summed E-state index contributed by atoms with van der Waals surface area (Å²) in [5.74, 6) is -1.19. The van der Waals surface area contributed by atoms with Gasteiger partial charge in [-0.25, -0.2) is 9.37 Å². The summed E-state index contributed by atoms with van der Waals surface area (Å²) in [4.78, 5) is 3.46. The molecular formula is C10H8F4N2O2. The molecule has 0 amide bonds. The summed E-state index contributed by atoms with van der Waals surface area (Å²) in [7, 11) is 1.10. The highest BCUT2D eigenvalue weighted by molar-refractivity contribution is 5.40. The van der Waals surface area contributed by atoms with Gasteiger partial charge in [0.05, 0.1) is 25.3 Å². The first-order valence-corrected chi connectivity index (χ1v) is 4.66. The summed E-state index contributed by atoms with van der Waals surface area (Å²) in [5, 5.41) is 8.48. The zero-order chi connectivity index (χ0) is 13.8. The number of aromatic nitrogens is 1. The number of hydrogen-bond donors (Lipinski definition) is 0. The highest BCUT2D eigenvalue weighted by Crippen LogP contribution is 2.32. The molecule has 0 aliphatic carbocycles. The van der Waals surface area contributed by atoms with Gasteiger partial charge in [-0.05, 0) is 6.07 Å². The van der Waals surface area contributed by atoms with Crippen molar-refractivity contribution in [3.63, 3.8) is 0 Å². The number of halogens is 4. The van der Waals surface area contributed by atoms with Crippen molar-refractivity contribution in [2.75, 3.05) is 7.11 Å². The number of ether oxygens (including phenoxy) is 2. The number of hydrogen-bond acceptors (Lipinski definition) is 4. The fourth-order valence-corrected chi connectivity index (χ4v) is 1.23. The lowest BCUT2D eigenvalue weighted by molar-refractivity contribution is -0.276. The number of pyridine rings is 1. The number of nitriles is 1. The first kappa shape index (κ1) is 14.0. The zero-order valence-electron chi connectivity index (χ0n) is 9.21. The summed E-state index contributed by atoms with van der Waals surface area (Å²) in [5.41, 5.74) is -0.122. The summed E-state index contributed by atoms with van der Waals surface area (Å²) >= 11 is 0. The molecule has 0 unspecified atom stereocenters. The van der Waals surface area contributed by atoms with Crippen LogP contribution < -0.4 is 9.47 Å². The minimum Gasteiger partial charge on any atom is -0.491 e. The van der Waals surface area contributed by atoms with Gasteiger partial charge < -0.3 is 9.47 Å². The lowest BCUT2D eigenvalue weighted by Crippen LogP contribution is -2.19. The number of methoxy groups -OCH3 is 1. The molecule has 0 saturated heterocycles. The van der Waals surface area contributed by atoms with Crippen LogP contribution in [0.5, 0.6) is 11.6 Å². The molecule has 1 aromatic heterocycles. The minimum atomic E-state index is -4.94. The lowest BCUT2D eigenvalue weighted by atomic mass is 10.1. The molecule has 18 heavy (non-hydrogen) atoms. The van der Waals surface area contributed by atoms with Crippen LogP contribution in [0.3, 0.4) is 0 Å². The summed E-state index contributed by atoms with van der Waals surface area (Å²) in [6.45, 7) is -0.966. The first-order chi connectivity index (χ1) is 8.41. The predicted molar refractivity (Wildman–Crippen MR) is 51.6 cm³/mol. The van der Waals surface area contributed by atoms with Crippen molar-refractivity contribution >= 4 is 0 Å². The van der Waals surface area contributed by atoms with E-state index in [1.165, 1.54) is 0 Å². The second-order valence-electron chi connectivity index (χ2n) is 3.12. The molecule has 0 aliphatic heterocycles. The van der Waals surface area contributed by atoms with Crippen LogP contribution in [0.25, 0.3) is 0 Å². The van der Waals surface area contributed by atoms with E-state index in [1.807, 2.05) is 0 Å². The van der Waals surface area contributed by atoms with Crippen LogP contribution in [0.4, 0.5) is 17.6 Å². The smallest absolute Gasteiger partial charge is 0.491 e. The van der Waals surface area contributed by atoms with Gasteiger partial charge in [0.25, 0.3) is 5.88 Å². The van der Waals surface area contributed by atoms with Crippen LogP contribution in [0.2, 0.25) is 0 Å². The van der Waals surface area contributed by atoms with Crippen molar-refractivity contribution in [3.8, 4) is 17.7 Å². The van der Waals surface area contributed by atoms with Crippen molar-refractivity contribution in [3.05, 3.63) is 17.3 Å². The molecule has 8 heteroatoms. The Kier molecular flexibility index (Phi) is 4.31. The molecule has 0 atom stereocenters. The van der Waals surface area contributed by atoms with Gasteiger partial charge in [-0.1, -0.05) is 0 Å². The molecule has 0 fully saturated rings. The van der Waals surface area contributed by atoms with Crippen LogP contribution in [0.15, 0.2) is 6.07 Å². The van der Waals surface area contributed by atoms with E-state index in [1.54, 1.807) is 6.07 Å². The van der Waals surface area contributed by atoms with E-state index < -0.39 is 18.9 Å². The van der Waals surface area contributed by atoms with E-state index in [9.17, 15) is 17.6 Å². The van der Waals surface area contributed by atoms with Gasteiger partial charge in [0.2, 0.25) is 0 Å². The number of alkyl halides is 4. The highest BCUT2D eigenvalue weighted by atomic mass is 19.4. The standard InChI is InChI=1S/C10H8F4N2O2/c1-17-8-4-6(5-11)7(2-3-15)16-9(8)18-10(12,13)14/h4H,2,5H2,1H3. The fourth-order valence-electron chi connectivity index (χ4n) is 1.23. The maximum Gasteiger partial charge on any atom is 0.574 e. The van der Waals surface area contributed by atoms with Gasteiger partial charge in [0.15, 0.2) is 5.75 Å². The minimum absolute atomic E-state index is 0.0112. The van der Waals surface area contributed by atoms with Crippen LogP contribution >= 0.6 is 0 Å². The van der Waals surface area contributed by atoms with Crippen LogP contribution in [0, 0.1) is 11.3 Å². The van der Waals surface area contributed by atoms with Crippen LogP contribution in [-0.4, -0.2) is 18.5 Å². The SMILES string of the molecule is COc1cc(CF)c(CC#N)nc1OC(F)(F)F. The molecule has 0 spiro atoms. The van der Waals surface area contributed by atoms with Crippen LogP contribution in [0.1, 0.15) is 11.3 Å². The molecule has 0 saturated carbocycles. The van der Waals surface area contributed by atoms with Gasteiger partial charge in [-0.15, -0.1) is 13.2 Å². The van der Waals surface area contributed by atoms with Gasteiger partial charge in [0, 0.05) is 5.56 Å². The number of nitrogens with zero attached hydrogens (tertiary/aromatic N) is 2. The summed E-state index contributed by atoms with van der Waals surface area (Å²) in [6.07, 6.45) is -5.26. The van der Waals surface area contributed by atoms with Crippen molar-refractivity contribution in [2.45, 2.75) is 19.5 Å². The molecule has 0 aromatic carbocycles. The second-order valence-corrected chi connectivity index (χ2v) is 3.12. The highest BCUT2D eigenvalue weighted by Gasteiger charge is 2.33. The molecule has 98 valence electrons. The third-order valence-corrected chi connectivity index (χ3v) is 1.95. The Bertz CT molecular complexity index is 468. The summed E-state index contributed by atoms with van der Waals surface area (Å²) < 4.78 is 57.2. The van der Waals surface area contributed by atoms with E-state index >= 15 is 0 Å². The molecule has 0 N–H and O–H groups in total. The Labute approximate surface area is 99.8 Å². The monoisotopic (exact) mass is 264 g/mol. The maximum absolute atomic E-state index is 12.6. The lowest BCUT2D eigenvalue weighted by Gasteiger charge is -2.13. The molecule has 1 aromatic rings. The van der Waals surface area contributed by atoms with E-state index in [0.29, 0.717) is 0 Å². The van der Waals surface area contributed by atoms with Gasteiger partial charge in [0.1, 0.15) is 6.67 Å². The molecule has 0 radical (unpaired) electrons. The largest absolute Gasteiger partial charge is 0.574 e. The van der Waals surface area contributed by atoms with Gasteiger partial charge in [-0.3, -0.25) is 0 Å². The Balaban J connectivity index is 3.23. The third kappa shape index (κ3) is 3.48. The maximum atomic E-state index is 12.6. The van der Waals surface area contributed by atoms with E-state index in [0.717, 1.165) is 13.2 Å². The zero-order valence-corrected chi connectivity index (χ0v) is 9.21. The van der Waals surface area contributed by atoms with E-state index in [4.69, 9.17) is 5.26 Å². The molecule has 1 heterocycles. The Morgan fingerprint density at radius 1 is 1.44 bits per heavy atom. The normalized spacial score (nSPS) is 10.9. The molecule has 4 nitrogen and oxygen atoms in total. The molecule has 0 bridgehead atoms. The Hall–Kier alpha value is -2.04. The topological polar surface area (TPSA) is 55.1 Å². The van der Waals surface area contributed by atoms with Gasteiger partial charge >= 0.3 is 6.36 Å². The average molecular weight is 264 g/mol. The van der Waals surface area contributed by atoms with Crippen molar-refractivity contribution in [1.82, 2.24) is 4.98 Å². The Morgan fingerprint density at radius 3 is 2.56 bits per heavy atom. The second kappa shape index (κ2) is 5.53. The fraction of sp³-hybridized carbons (Fsp3) is 0.400. The van der Waals surface area contributed by atoms with Crippen molar-refractivity contribution in [2.24, 2.45) is 0 Å². The van der Waals surface area contributed by atoms with E-state index in [2.05, 4.69) is 14.5 Å². The van der Waals surface area contributed by atoms with Crippen LogP contribution in [-0.2, 0) is 13.1 Å². The molecular weight excluding hydrogens is 256 g/mol. The quantitative estimate of drug-likeness (QED) is 0.784. The molecule has 0 aliphatic rings. The number of rotatable bonds is 4.